The number of hydrogen-bond acceptors (Lipinski definition) is 6. The molecular formula is C32H34F3N8O2+. The van der Waals surface area contributed by atoms with E-state index in [1.54, 1.807) is 45.7 Å². The highest BCUT2D eigenvalue weighted by Crippen LogP contribution is 2.38. The van der Waals surface area contributed by atoms with Crippen LogP contribution in [0.1, 0.15) is 29.5 Å². The summed E-state index contributed by atoms with van der Waals surface area (Å²) >= 11 is 0. The number of aromatic nitrogens is 5. The van der Waals surface area contributed by atoms with E-state index in [1.165, 1.54) is 6.07 Å². The van der Waals surface area contributed by atoms with E-state index >= 15 is 0 Å². The van der Waals surface area contributed by atoms with E-state index < -0.39 is 11.7 Å². The van der Waals surface area contributed by atoms with E-state index in [-0.39, 0.29) is 6.47 Å². The van der Waals surface area contributed by atoms with Gasteiger partial charge in [0.2, 0.25) is 5.95 Å². The topological polar surface area (TPSA) is 121 Å². The number of hydrogen-bond donors (Lipinski definition) is 2. The number of rotatable bonds is 9. The molecule has 0 fully saturated rings. The van der Waals surface area contributed by atoms with Gasteiger partial charge in [-0.2, -0.15) is 28.5 Å². The Hall–Kier alpha value is -5.22. The van der Waals surface area contributed by atoms with Gasteiger partial charge in [0.25, 0.3) is 6.47 Å². The molecule has 0 aliphatic heterocycles. The first kappa shape index (κ1) is 32.7. The van der Waals surface area contributed by atoms with Crippen LogP contribution in [-0.4, -0.2) is 74.7 Å². The lowest BCUT2D eigenvalue weighted by Crippen LogP contribution is -2.35. The van der Waals surface area contributed by atoms with Gasteiger partial charge in [0.05, 0.1) is 62.5 Å². The monoisotopic (exact) mass is 619 g/mol. The number of carboxylic acid groups (broad SMARTS) is 1. The van der Waals surface area contributed by atoms with Gasteiger partial charge in [0.1, 0.15) is 0 Å². The first-order valence-corrected chi connectivity index (χ1v) is 14.1. The van der Waals surface area contributed by atoms with E-state index in [0.717, 1.165) is 58.5 Å². The summed E-state index contributed by atoms with van der Waals surface area (Å²) in [5, 5.41) is 28.5. The molecule has 0 radical (unpaired) electrons. The van der Waals surface area contributed by atoms with Crippen molar-refractivity contribution < 1.29 is 27.6 Å². The second-order valence-corrected chi connectivity index (χ2v) is 11.4. The molecule has 2 aromatic carbocycles. The number of quaternary nitrogens is 1. The number of fused-ring (bicyclic) bond motifs is 1. The van der Waals surface area contributed by atoms with Gasteiger partial charge in [-0.3, -0.25) is 4.79 Å². The van der Waals surface area contributed by atoms with Gasteiger partial charge in [-0.05, 0) is 73.4 Å². The maximum Gasteiger partial charge on any atom is 0.416 e. The van der Waals surface area contributed by atoms with E-state index in [0.29, 0.717) is 34.8 Å². The summed E-state index contributed by atoms with van der Waals surface area (Å²) in [4.78, 5) is 13.1. The number of nitriles is 1. The SMILES string of the molecule is Cc1c(-c2ccnn2-c2ccc(C#N)cc2)cn2nc(NCCCC[N+](C)(C)C)nc2c1-c1cccc(C(F)(F)F)c1.O=CO. The number of nitrogens with one attached hydrogen (secondary N) is 1. The van der Waals surface area contributed by atoms with Gasteiger partial charge in [0, 0.05) is 23.9 Å². The van der Waals surface area contributed by atoms with Crippen molar-refractivity contribution in [2.45, 2.75) is 25.9 Å². The maximum atomic E-state index is 13.7. The molecule has 2 N–H and O–H groups in total. The third-order valence-corrected chi connectivity index (χ3v) is 7.06. The second-order valence-electron chi connectivity index (χ2n) is 11.4. The summed E-state index contributed by atoms with van der Waals surface area (Å²) in [6.07, 6.45) is 0.958. The summed E-state index contributed by atoms with van der Waals surface area (Å²) < 4.78 is 45.3. The molecule has 13 heteroatoms. The van der Waals surface area contributed by atoms with E-state index in [2.05, 4.69) is 42.7 Å². The van der Waals surface area contributed by atoms with Crippen molar-refractivity contribution in [1.82, 2.24) is 24.4 Å². The number of alkyl halides is 3. The lowest BCUT2D eigenvalue weighted by molar-refractivity contribution is -0.870. The average Bonchev–Trinajstić information content (AvgIpc) is 3.63. The minimum Gasteiger partial charge on any atom is -0.483 e. The zero-order valence-corrected chi connectivity index (χ0v) is 25.4. The number of benzene rings is 2. The van der Waals surface area contributed by atoms with Gasteiger partial charge < -0.3 is 14.9 Å². The van der Waals surface area contributed by atoms with Gasteiger partial charge in [-0.1, -0.05) is 12.1 Å². The third kappa shape index (κ3) is 7.84. The lowest BCUT2D eigenvalue weighted by Gasteiger charge is -2.23. The average molecular weight is 620 g/mol. The van der Waals surface area contributed by atoms with Crippen LogP contribution < -0.4 is 5.32 Å². The van der Waals surface area contributed by atoms with E-state index in [1.807, 2.05) is 19.2 Å². The minimum atomic E-state index is -4.49. The molecule has 0 bridgehead atoms. The molecule has 0 unspecified atom stereocenters. The molecule has 5 aromatic rings. The Morgan fingerprint density at radius 2 is 1.80 bits per heavy atom. The largest absolute Gasteiger partial charge is 0.483 e. The summed E-state index contributed by atoms with van der Waals surface area (Å²) in [5.41, 5.74) is 4.11. The maximum absolute atomic E-state index is 13.7. The first-order chi connectivity index (χ1) is 21.4. The zero-order valence-electron chi connectivity index (χ0n) is 25.4. The Kier molecular flexibility index (Phi) is 9.88. The molecule has 0 aliphatic carbocycles. The predicted molar refractivity (Wildman–Crippen MR) is 165 cm³/mol. The molecule has 10 nitrogen and oxygen atoms in total. The summed E-state index contributed by atoms with van der Waals surface area (Å²) in [7, 11) is 6.46. The number of carbonyl (C=O) groups is 1. The van der Waals surface area contributed by atoms with E-state index in [4.69, 9.17) is 14.9 Å². The number of nitrogens with zero attached hydrogens (tertiary/aromatic N) is 7. The van der Waals surface area contributed by atoms with Crippen molar-refractivity contribution in [2.24, 2.45) is 0 Å². The molecule has 0 atom stereocenters. The Morgan fingerprint density at radius 3 is 2.44 bits per heavy atom. The fourth-order valence-electron chi connectivity index (χ4n) is 4.94. The molecule has 45 heavy (non-hydrogen) atoms. The van der Waals surface area contributed by atoms with Crippen molar-refractivity contribution in [3.63, 3.8) is 0 Å². The van der Waals surface area contributed by atoms with Crippen LogP contribution >= 0.6 is 0 Å². The van der Waals surface area contributed by atoms with Gasteiger partial charge in [-0.15, -0.1) is 5.10 Å². The molecule has 234 valence electrons. The summed E-state index contributed by atoms with van der Waals surface area (Å²) in [6.45, 7) is 3.33. The number of halogens is 3. The normalized spacial score (nSPS) is 11.5. The summed E-state index contributed by atoms with van der Waals surface area (Å²) in [6, 6.07) is 16.2. The highest BCUT2D eigenvalue weighted by molar-refractivity contribution is 5.86. The van der Waals surface area contributed by atoms with Gasteiger partial charge in [-0.25, -0.2) is 9.20 Å². The Labute approximate surface area is 258 Å². The highest BCUT2D eigenvalue weighted by Gasteiger charge is 2.31. The number of anilines is 1. The molecule has 0 amide bonds. The molecule has 3 aromatic heterocycles. The van der Waals surface area contributed by atoms with Crippen molar-refractivity contribution >= 4 is 18.1 Å². The quantitative estimate of drug-likeness (QED) is 0.117. The van der Waals surface area contributed by atoms with E-state index in [9.17, 15) is 18.4 Å². The molecule has 0 spiro atoms. The first-order valence-electron chi connectivity index (χ1n) is 14.1. The fraction of sp³-hybridized carbons (Fsp3) is 0.281. The van der Waals surface area contributed by atoms with Crippen LogP contribution in [0.2, 0.25) is 0 Å². The van der Waals surface area contributed by atoms with Crippen molar-refractivity contribution in [2.75, 3.05) is 39.5 Å². The van der Waals surface area contributed by atoms with Crippen LogP contribution in [0.15, 0.2) is 67.0 Å². The summed E-state index contributed by atoms with van der Waals surface area (Å²) in [5.74, 6) is 0.408. The van der Waals surface area contributed by atoms with Crippen LogP contribution in [0, 0.1) is 18.3 Å². The molecule has 3 heterocycles. The van der Waals surface area contributed by atoms with Crippen LogP contribution in [0.3, 0.4) is 0 Å². The molecular weight excluding hydrogens is 585 g/mol. The third-order valence-electron chi connectivity index (χ3n) is 7.06. The number of unbranched alkanes of at least 4 members (excludes halogenated alkanes) is 1. The van der Waals surface area contributed by atoms with Gasteiger partial charge >= 0.3 is 6.18 Å². The number of pyridine rings is 1. The molecule has 0 aliphatic rings. The predicted octanol–water partition coefficient (Wildman–Crippen LogP) is 6.05. The Morgan fingerprint density at radius 1 is 1.09 bits per heavy atom. The smallest absolute Gasteiger partial charge is 0.416 e. The van der Waals surface area contributed by atoms with Crippen LogP contribution in [0.5, 0.6) is 0 Å². The second kappa shape index (κ2) is 13.6. The standard InChI is InChI=1S/C31H32F3N8.CH2O2/c1-21-26(27-14-16-37-41(27)25-12-10-22(19-35)11-13-25)20-40-29(28(21)23-8-7-9-24(18-23)31(32,33)34)38-30(39-40)36-15-5-6-17-42(2,3)4;2-1-3/h7-14,16,18,20H,5-6,15,17H2,1-4H3,(H,36,39);1H,(H,2,3)/q+1;. The van der Waals surface area contributed by atoms with Gasteiger partial charge in [0.15, 0.2) is 5.65 Å². The van der Waals surface area contributed by atoms with Crippen molar-refractivity contribution in [1.29, 1.82) is 5.26 Å². The Bertz CT molecular complexity index is 1810. The van der Waals surface area contributed by atoms with Crippen LogP contribution in [-0.2, 0) is 11.0 Å². The fourth-order valence-corrected chi connectivity index (χ4v) is 4.94. The Balaban J connectivity index is 0.00000148. The zero-order chi connectivity index (χ0) is 32.8. The van der Waals surface area contributed by atoms with Crippen molar-refractivity contribution in [3.05, 3.63) is 83.7 Å². The van der Waals surface area contributed by atoms with Crippen LogP contribution in [0.25, 0.3) is 33.7 Å². The molecule has 0 saturated carbocycles. The van der Waals surface area contributed by atoms with Crippen LogP contribution in [0.4, 0.5) is 19.1 Å². The molecule has 5 rings (SSSR count). The minimum absolute atomic E-state index is 0.250. The lowest BCUT2D eigenvalue weighted by atomic mass is 9.95. The van der Waals surface area contributed by atoms with Crippen molar-refractivity contribution in [3.8, 4) is 34.1 Å². The molecule has 0 saturated heterocycles. The highest BCUT2D eigenvalue weighted by atomic mass is 19.4.